The van der Waals surface area contributed by atoms with E-state index in [9.17, 15) is 14.7 Å². The third-order valence-corrected chi connectivity index (χ3v) is 4.35. The minimum Gasteiger partial charge on any atom is -0.393 e. The first-order valence-electron chi connectivity index (χ1n) is 6.55. The van der Waals surface area contributed by atoms with Crippen molar-refractivity contribution in [1.29, 1.82) is 0 Å². The maximum Gasteiger partial charge on any atom is 0.232 e. The van der Waals surface area contributed by atoms with Gasteiger partial charge >= 0.3 is 0 Å². The molecule has 4 atom stereocenters. The maximum absolute atomic E-state index is 11.9. The number of hydrogen-bond acceptors (Lipinski definition) is 3. The number of nitrogens with zero attached hydrogens (tertiary/aromatic N) is 1. The second-order valence-electron chi connectivity index (χ2n) is 5.48. The van der Waals surface area contributed by atoms with Crippen molar-refractivity contribution in [1.82, 2.24) is 4.90 Å². The number of likely N-dealkylation sites (tertiary alicyclic amines) is 1. The zero-order valence-corrected chi connectivity index (χ0v) is 10.6. The molecule has 4 nitrogen and oxygen atoms in total. The molecule has 2 aliphatic rings. The molecule has 0 aromatic rings. The second-order valence-corrected chi connectivity index (χ2v) is 5.48. The summed E-state index contributed by atoms with van der Waals surface area (Å²) >= 11 is 0. The normalized spacial score (nSPS) is 38.9. The van der Waals surface area contributed by atoms with Crippen molar-refractivity contribution < 1.29 is 14.7 Å². The molecule has 2 amide bonds. The van der Waals surface area contributed by atoms with Crippen LogP contribution < -0.4 is 0 Å². The number of hydrogen-bond donors (Lipinski definition) is 1. The Kier molecular flexibility index (Phi) is 3.52. The maximum atomic E-state index is 11.9. The number of rotatable bonds is 2. The lowest BCUT2D eigenvalue weighted by Gasteiger charge is -2.30. The monoisotopic (exact) mass is 239 g/mol. The number of aliphatic hydroxyl groups is 1. The Balaban J connectivity index is 2.03. The van der Waals surface area contributed by atoms with Gasteiger partial charge in [0.15, 0.2) is 0 Å². The van der Waals surface area contributed by atoms with Crippen molar-refractivity contribution in [2.45, 2.75) is 45.6 Å². The van der Waals surface area contributed by atoms with Crippen molar-refractivity contribution in [3.05, 3.63) is 0 Å². The van der Waals surface area contributed by atoms with E-state index in [4.69, 9.17) is 0 Å². The van der Waals surface area contributed by atoms with Crippen LogP contribution in [0, 0.1) is 17.8 Å². The Bertz CT molecular complexity index is 309. The average molecular weight is 239 g/mol. The number of carbonyl (C=O) groups is 2. The standard InChI is InChI=1S/C13H21NO3/c1-8-9(2)13(17)14(12(8)16)7-10-5-3-4-6-11(10)15/h8-11,15H,3-7H2,1-2H3. The summed E-state index contributed by atoms with van der Waals surface area (Å²) in [6, 6.07) is 0. The first-order valence-corrected chi connectivity index (χ1v) is 6.55. The molecule has 1 saturated carbocycles. The van der Waals surface area contributed by atoms with Crippen molar-refractivity contribution in [3.8, 4) is 0 Å². The molecule has 96 valence electrons. The summed E-state index contributed by atoms with van der Waals surface area (Å²) in [7, 11) is 0. The van der Waals surface area contributed by atoms with Crippen LogP contribution in [0.25, 0.3) is 0 Å². The van der Waals surface area contributed by atoms with Crippen LogP contribution in [0.5, 0.6) is 0 Å². The molecule has 0 bridgehead atoms. The first-order chi connectivity index (χ1) is 8.02. The molecule has 2 rings (SSSR count). The van der Waals surface area contributed by atoms with Crippen LogP contribution >= 0.6 is 0 Å². The van der Waals surface area contributed by atoms with E-state index in [1.165, 1.54) is 4.90 Å². The lowest BCUT2D eigenvalue weighted by Crippen LogP contribution is -2.40. The molecule has 4 heteroatoms. The summed E-state index contributed by atoms with van der Waals surface area (Å²) in [5.41, 5.74) is 0. The Morgan fingerprint density at radius 2 is 1.65 bits per heavy atom. The molecule has 1 heterocycles. The zero-order chi connectivity index (χ0) is 12.6. The van der Waals surface area contributed by atoms with Gasteiger partial charge in [0.25, 0.3) is 0 Å². The molecule has 1 aliphatic carbocycles. The largest absolute Gasteiger partial charge is 0.393 e. The van der Waals surface area contributed by atoms with Gasteiger partial charge in [-0.15, -0.1) is 0 Å². The molecule has 1 saturated heterocycles. The van der Waals surface area contributed by atoms with Crippen molar-refractivity contribution in [3.63, 3.8) is 0 Å². The number of carbonyl (C=O) groups excluding carboxylic acids is 2. The number of amides is 2. The molecule has 0 aromatic heterocycles. The fourth-order valence-corrected chi connectivity index (χ4v) is 2.84. The van der Waals surface area contributed by atoms with Crippen LogP contribution in [-0.4, -0.2) is 34.5 Å². The topological polar surface area (TPSA) is 57.6 Å². The third kappa shape index (κ3) is 2.23. The molecular weight excluding hydrogens is 218 g/mol. The highest BCUT2D eigenvalue weighted by molar-refractivity contribution is 6.04. The van der Waals surface area contributed by atoms with Gasteiger partial charge in [-0.25, -0.2) is 0 Å². The molecule has 0 spiro atoms. The van der Waals surface area contributed by atoms with E-state index in [1.807, 2.05) is 13.8 Å². The molecule has 0 radical (unpaired) electrons. The first kappa shape index (κ1) is 12.6. The van der Waals surface area contributed by atoms with Crippen LogP contribution in [0.4, 0.5) is 0 Å². The third-order valence-electron chi connectivity index (χ3n) is 4.35. The Morgan fingerprint density at radius 3 is 2.18 bits per heavy atom. The van der Waals surface area contributed by atoms with E-state index in [-0.39, 0.29) is 35.7 Å². The van der Waals surface area contributed by atoms with Gasteiger partial charge < -0.3 is 5.11 Å². The minimum atomic E-state index is -0.351. The summed E-state index contributed by atoms with van der Waals surface area (Å²) in [6.07, 6.45) is 3.50. The average Bonchev–Trinajstić information content (AvgIpc) is 2.50. The fourth-order valence-electron chi connectivity index (χ4n) is 2.84. The summed E-state index contributed by atoms with van der Waals surface area (Å²) in [6.45, 7) is 4.03. The SMILES string of the molecule is CC1C(=O)N(CC2CCCCC2O)C(=O)C1C. The lowest BCUT2D eigenvalue weighted by atomic mass is 9.86. The van der Waals surface area contributed by atoms with Gasteiger partial charge in [0.2, 0.25) is 11.8 Å². The lowest BCUT2D eigenvalue weighted by molar-refractivity contribution is -0.141. The molecular formula is C13H21NO3. The Hall–Kier alpha value is -0.900. The van der Waals surface area contributed by atoms with Crippen molar-refractivity contribution >= 4 is 11.8 Å². The van der Waals surface area contributed by atoms with Crippen LogP contribution in [0.3, 0.4) is 0 Å². The fraction of sp³-hybridized carbons (Fsp3) is 0.846. The van der Waals surface area contributed by atoms with E-state index in [1.54, 1.807) is 0 Å². The molecule has 1 aliphatic heterocycles. The van der Waals surface area contributed by atoms with E-state index < -0.39 is 0 Å². The van der Waals surface area contributed by atoms with Crippen LogP contribution in [0.2, 0.25) is 0 Å². The van der Waals surface area contributed by atoms with E-state index in [2.05, 4.69) is 0 Å². The minimum absolute atomic E-state index is 0.0692. The molecule has 1 N–H and O–H groups in total. The quantitative estimate of drug-likeness (QED) is 0.736. The van der Waals surface area contributed by atoms with Crippen molar-refractivity contribution in [2.24, 2.45) is 17.8 Å². The summed E-state index contributed by atoms with van der Waals surface area (Å²) in [4.78, 5) is 25.2. The van der Waals surface area contributed by atoms with Gasteiger partial charge in [0, 0.05) is 24.3 Å². The van der Waals surface area contributed by atoms with E-state index >= 15 is 0 Å². The number of imide groups is 1. The molecule has 0 aromatic carbocycles. The van der Waals surface area contributed by atoms with Gasteiger partial charge in [-0.3, -0.25) is 14.5 Å². The highest BCUT2D eigenvalue weighted by Crippen LogP contribution is 2.30. The van der Waals surface area contributed by atoms with Gasteiger partial charge in [0.1, 0.15) is 0 Å². The molecule has 4 unspecified atom stereocenters. The van der Waals surface area contributed by atoms with Crippen molar-refractivity contribution in [2.75, 3.05) is 6.54 Å². The predicted molar refractivity (Wildman–Crippen MR) is 63.0 cm³/mol. The Morgan fingerprint density at radius 1 is 1.12 bits per heavy atom. The van der Waals surface area contributed by atoms with Gasteiger partial charge in [-0.2, -0.15) is 0 Å². The second kappa shape index (κ2) is 4.77. The van der Waals surface area contributed by atoms with E-state index in [0.717, 1.165) is 25.7 Å². The highest BCUT2D eigenvalue weighted by Gasteiger charge is 2.43. The summed E-state index contributed by atoms with van der Waals surface area (Å²) < 4.78 is 0. The van der Waals surface area contributed by atoms with Gasteiger partial charge in [-0.05, 0) is 12.8 Å². The van der Waals surface area contributed by atoms with Gasteiger partial charge in [0.05, 0.1) is 6.10 Å². The summed E-state index contributed by atoms with van der Waals surface area (Å²) in [5.74, 6) is -0.471. The predicted octanol–water partition coefficient (Wildman–Crippen LogP) is 1.18. The van der Waals surface area contributed by atoms with Crippen LogP contribution in [0.15, 0.2) is 0 Å². The van der Waals surface area contributed by atoms with Crippen LogP contribution in [-0.2, 0) is 9.59 Å². The summed E-state index contributed by atoms with van der Waals surface area (Å²) in [5, 5.41) is 9.88. The van der Waals surface area contributed by atoms with E-state index in [0.29, 0.717) is 6.54 Å². The van der Waals surface area contributed by atoms with Gasteiger partial charge in [-0.1, -0.05) is 26.7 Å². The molecule has 17 heavy (non-hydrogen) atoms. The van der Waals surface area contributed by atoms with Crippen LogP contribution in [0.1, 0.15) is 39.5 Å². The number of aliphatic hydroxyl groups excluding tert-OH is 1. The smallest absolute Gasteiger partial charge is 0.232 e. The Labute approximate surface area is 102 Å². The highest BCUT2D eigenvalue weighted by atomic mass is 16.3. The zero-order valence-electron chi connectivity index (χ0n) is 10.6. The molecule has 2 fully saturated rings.